The van der Waals surface area contributed by atoms with Crippen molar-refractivity contribution >= 4 is 28.6 Å². The number of hydrogen-bond acceptors (Lipinski definition) is 4. The Morgan fingerprint density at radius 1 is 0.833 bits per heavy atom. The molecule has 0 bridgehead atoms. The van der Waals surface area contributed by atoms with Crippen LogP contribution in [0.4, 0.5) is 8.78 Å². The van der Waals surface area contributed by atoms with E-state index in [-0.39, 0.29) is 24.7 Å². The molecule has 3 N–H and O–H groups in total. The predicted molar refractivity (Wildman–Crippen MR) is 129 cm³/mol. The van der Waals surface area contributed by atoms with E-state index in [0.29, 0.717) is 31.2 Å². The monoisotopic (exact) mass is 496 g/mol. The Hall–Kier alpha value is -4.01. The fraction of sp³-hybridized carbons (Fsp3) is 0.296. The first-order valence-electron chi connectivity index (χ1n) is 11.8. The number of halogens is 2. The van der Waals surface area contributed by atoms with Crippen LogP contribution in [0.15, 0.2) is 54.6 Å². The van der Waals surface area contributed by atoms with Crippen molar-refractivity contribution in [2.24, 2.45) is 5.92 Å². The van der Waals surface area contributed by atoms with Crippen LogP contribution in [-0.2, 0) is 4.79 Å². The van der Waals surface area contributed by atoms with Crippen LogP contribution >= 0.6 is 0 Å². The van der Waals surface area contributed by atoms with E-state index < -0.39 is 41.1 Å². The highest BCUT2D eigenvalue weighted by molar-refractivity contribution is 5.98. The minimum Gasteiger partial charge on any atom is -0.487 e. The number of rotatable bonds is 8. The number of fused-ring (bicyclic) bond motifs is 1. The quantitative estimate of drug-likeness (QED) is 0.404. The predicted octanol–water partition coefficient (Wildman–Crippen LogP) is 4.30. The van der Waals surface area contributed by atoms with Crippen LogP contribution in [0.1, 0.15) is 46.4 Å². The third-order valence-corrected chi connectivity index (χ3v) is 6.32. The molecular weight excluding hydrogens is 470 g/mol. The van der Waals surface area contributed by atoms with E-state index >= 15 is 0 Å². The number of hydrogen-bond donors (Lipinski definition) is 3. The lowest BCUT2D eigenvalue weighted by atomic mass is 9.87. The van der Waals surface area contributed by atoms with Crippen molar-refractivity contribution in [2.45, 2.75) is 31.8 Å². The molecule has 1 aliphatic rings. The molecular formula is C27H26F2N2O5. The first kappa shape index (κ1) is 25.1. The molecule has 1 saturated carbocycles. The second kappa shape index (κ2) is 11.2. The molecule has 2 amide bonds. The second-order valence-electron chi connectivity index (χ2n) is 8.74. The smallest absolute Gasteiger partial charge is 0.306 e. The van der Waals surface area contributed by atoms with Crippen LogP contribution in [0.25, 0.3) is 10.8 Å². The number of carbonyl (C=O) groups is 3. The Balaban J connectivity index is 1.27. The maximum atomic E-state index is 14.6. The lowest BCUT2D eigenvalue weighted by Crippen LogP contribution is -2.35. The lowest BCUT2D eigenvalue weighted by Gasteiger charge is -2.27. The van der Waals surface area contributed by atoms with Crippen molar-refractivity contribution < 1.29 is 33.0 Å². The number of nitrogens with one attached hydrogen (secondary N) is 2. The summed E-state index contributed by atoms with van der Waals surface area (Å²) >= 11 is 0. The van der Waals surface area contributed by atoms with Gasteiger partial charge in [-0.25, -0.2) is 4.39 Å². The van der Waals surface area contributed by atoms with E-state index in [1.807, 2.05) is 30.3 Å². The van der Waals surface area contributed by atoms with Crippen molar-refractivity contribution in [3.05, 3.63) is 77.4 Å². The number of aliphatic carboxylic acids is 1. The fourth-order valence-electron chi connectivity index (χ4n) is 4.29. The molecule has 3 aromatic rings. The molecule has 0 aliphatic heterocycles. The molecule has 188 valence electrons. The van der Waals surface area contributed by atoms with E-state index in [2.05, 4.69) is 10.6 Å². The van der Waals surface area contributed by atoms with E-state index in [4.69, 9.17) is 9.84 Å². The molecule has 0 spiro atoms. The molecule has 0 radical (unpaired) electrons. The summed E-state index contributed by atoms with van der Waals surface area (Å²) in [6.07, 6.45) is 1.24. The highest BCUT2D eigenvalue weighted by Crippen LogP contribution is 2.30. The normalized spacial score (nSPS) is 17.4. The molecule has 4 rings (SSSR count). The number of ether oxygens (including phenoxy) is 1. The zero-order valence-corrected chi connectivity index (χ0v) is 19.4. The van der Waals surface area contributed by atoms with Crippen LogP contribution in [0, 0.1) is 17.6 Å². The third-order valence-electron chi connectivity index (χ3n) is 6.32. The van der Waals surface area contributed by atoms with Crippen LogP contribution in [-0.4, -0.2) is 42.1 Å². The number of carboxylic acids is 1. The van der Waals surface area contributed by atoms with Crippen LogP contribution in [0.3, 0.4) is 0 Å². The number of benzene rings is 3. The molecule has 9 heteroatoms. The summed E-state index contributed by atoms with van der Waals surface area (Å²) in [7, 11) is 0. The average Bonchev–Trinajstić information content (AvgIpc) is 2.89. The van der Waals surface area contributed by atoms with Crippen molar-refractivity contribution in [3.8, 4) is 5.75 Å². The summed E-state index contributed by atoms with van der Waals surface area (Å²) in [6, 6.07) is 15.3. The molecule has 0 saturated heterocycles. The van der Waals surface area contributed by atoms with Crippen LogP contribution < -0.4 is 15.4 Å². The van der Waals surface area contributed by atoms with Crippen molar-refractivity contribution in [1.29, 1.82) is 0 Å². The van der Waals surface area contributed by atoms with Crippen molar-refractivity contribution in [1.82, 2.24) is 10.6 Å². The van der Waals surface area contributed by atoms with Gasteiger partial charge in [0.15, 0.2) is 11.6 Å². The van der Waals surface area contributed by atoms with Crippen LogP contribution in [0.5, 0.6) is 5.75 Å². The fourth-order valence-corrected chi connectivity index (χ4v) is 4.29. The van der Waals surface area contributed by atoms with Gasteiger partial charge in [-0.3, -0.25) is 14.4 Å². The molecule has 3 aromatic carbocycles. The summed E-state index contributed by atoms with van der Waals surface area (Å²) in [4.78, 5) is 35.8. The first-order chi connectivity index (χ1) is 17.3. The standard InChI is InChI=1S/C27H26F2N2O5/c28-23-21(11-12-22(24(23)29)36-20-9-7-17(8-10-20)27(34)35)26(33)31-14-13-30-25(32)19-6-5-16-3-1-2-4-18(16)15-19/h1-6,11-12,15,17,20H,7-10,13-14H2,(H,30,32)(H,31,33)(H,34,35)/t17-,20-. The van der Waals surface area contributed by atoms with Crippen molar-refractivity contribution in [3.63, 3.8) is 0 Å². The Morgan fingerprint density at radius 2 is 1.50 bits per heavy atom. The minimum atomic E-state index is -1.33. The summed E-state index contributed by atoms with van der Waals surface area (Å²) < 4.78 is 34.6. The van der Waals surface area contributed by atoms with E-state index in [9.17, 15) is 23.2 Å². The third kappa shape index (κ3) is 5.79. The molecule has 36 heavy (non-hydrogen) atoms. The van der Waals surface area contributed by atoms with Gasteiger partial charge in [-0.1, -0.05) is 30.3 Å². The van der Waals surface area contributed by atoms with Gasteiger partial charge in [0.1, 0.15) is 0 Å². The topological polar surface area (TPSA) is 105 Å². The Kier molecular flexibility index (Phi) is 7.77. The van der Waals surface area contributed by atoms with Gasteiger partial charge in [0.05, 0.1) is 17.6 Å². The van der Waals surface area contributed by atoms with E-state index in [1.165, 1.54) is 6.07 Å². The molecule has 1 aliphatic carbocycles. The Bertz CT molecular complexity index is 1290. The van der Waals surface area contributed by atoms with E-state index in [1.54, 1.807) is 12.1 Å². The number of carbonyl (C=O) groups excluding carboxylic acids is 2. The maximum Gasteiger partial charge on any atom is 0.306 e. The average molecular weight is 497 g/mol. The molecule has 1 fully saturated rings. The summed E-state index contributed by atoms with van der Waals surface area (Å²) in [5.41, 5.74) is -0.00420. The molecule has 0 heterocycles. The largest absolute Gasteiger partial charge is 0.487 e. The van der Waals surface area contributed by atoms with Gasteiger partial charge < -0.3 is 20.5 Å². The molecule has 7 nitrogen and oxygen atoms in total. The molecule has 0 atom stereocenters. The lowest BCUT2D eigenvalue weighted by molar-refractivity contribution is -0.143. The Labute approximate surface area is 206 Å². The first-order valence-corrected chi connectivity index (χ1v) is 11.8. The summed E-state index contributed by atoms with van der Waals surface area (Å²) in [5.74, 6) is -5.36. The van der Waals surface area contributed by atoms with Gasteiger partial charge in [0.2, 0.25) is 5.82 Å². The van der Waals surface area contributed by atoms with Gasteiger partial charge in [-0.2, -0.15) is 4.39 Å². The van der Waals surface area contributed by atoms with Crippen molar-refractivity contribution in [2.75, 3.05) is 13.1 Å². The minimum absolute atomic E-state index is 0.0181. The maximum absolute atomic E-state index is 14.6. The van der Waals surface area contributed by atoms with Gasteiger partial charge in [0, 0.05) is 18.7 Å². The molecule has 0 unspecified atom stereocenters. The molecule has 0 aromatic heterocycles. The zero-order valence-electron chi connectivity index (χ0n) is 19.4. The number of amides is 2. The Morgan fingerprint density at radius 3 is 2.19 bits per heavy atom. The second-order valence-corrected chi connectivity index (χ2v) is 8.74. The van der Waals surface area contributed by atoms with Gasteiger partial charge in [-0.15, -0.1) is 0 Å². The van der Waals surface area contributed by atoms with Gasteiger partial charge >= 0.3 is 5.97 Å². The van der Waals surface area contributed by atoms with E-state index in [0.717, 1.165) is 16.8 Å². The highest BCUT2D eigenvalue weighted by atomic mass is 19.2. The van der Waals surface area contributed by atoms with Gasteiger partial charge in [-0.05, 0) is 60.7 Å². The zero-order chi connectivity index (χ0) is 25.7. The summed E-state index contributed by atoms with van der Waals surface area (Å²) in [6.45, 7) is 0.117. The van der Waals surface area contributed by atoms with Gasteiger partial charge in [0.25, 0.3) is 11.8 Å². The summed E-state index contributed by atoms with van der Waals surface area (Å²) in [5, 5.41) is 16.1. The highest BCUT2D eigenvalue weighted by Gasteiger charge is 2.28. The number of carboxylic acid groups (broad SMARTS) is 1. The SMILES string of the molecule is O=C(NCCNC(=O)c1ccc(O[C@H]2CC[C@H](C(=O)O)CC2)c(F)c1F)c1ccc2ccccc2c1. The van der Waals surface area contributed by atoms with Crippen LogP contribution in [0.2, 0.25) is 0 Å².